The quantitative estimate of drug-likeness (QED) is 0.655. The molecule has 0 aliphatic carbocycles. The number of nitro groups is 1. The van der Waals surface area contributed by atoms with Crippen LogP contribution in [0, 0.1) is 15.9 Å². The number of halogens is 2. The number of ether oxygens (including phenoxy) is 1. The third kappa shape index (κ3) is 3.56. The Morgan fingerprint density at radius 2 is 2.05 bits per heavy atom. The highest BCUT2D eigenvalue weighted by Gasteiger charge is 2.13. The van der Waals surface area contributed by atoms with Gasteiger partial charge in [-0.2, -0.15) is 0 Å². The van der Waals surface area contributed by atoms with Crippen molar-refractivity contribution in [3.63, 3.8) is 0 Å². The van der Waals surface area contributed by atoms with Gasteiger partial charge in [0.15, 0.2) is 11.6 Å². The molecule has 110 valence electrons. The Morgan fingerprint density at radius 1 is 1.33 bits per heavy atom. The standard InChI is InChI=1S/C14H12BrFN2O3/c1-8(17)11-4-3-10(7-12(11)15)21-14-5-2-9(18(19)20)6-13(14)16/h2-8H,17H2,1H3/t8-/m1/s1. The normalized spacial score (nSPS) is 12.0. The monoisotopic (exact) mass is 354 g/mol. The van der Waals surface area contributed by atoms with Crippen molar-refractivity contribution in [2.24, 2.45) is 5.73 Å². The van der Waals surface area contributed by atoms with Crippen LogP contribution in [0.5, 0.6) is 11.5 Å². The Kier molecular flexibility index (Phi) is 4.54. The first-order valence-corrected chi connectivity index (χ1v) is 6.84. The van der Waals surface area contributed by atoms with E-state index in [2.05, 4.69) is 15.9 Å². The van der Waals surface area contributed by atoms with Crippen LogP contribution in [0.15, 0.2) is 40.9 Å². The Balaban J connectivity index is 2.26. The van der Waals surface area contributed by atoms with Crippen LogP contribution in [-0.4, -0.2) is 4.92 Å². The van der Waals surface area contributed by atoms with E-state index in [1.807, 2.05) is 6.92 Å². The maximum Gasteiger partial charge on any atom is 0.272 e. The molecule has 2 aromatic rings. The average molecular weight is 355 g/mol. The second-order valence-corrected chi connectivity index (χ2v) is 5.30. The maximum absolute atomic E-state index is 13.7. The summed E-state index contributed by atoms with van der Waals surface area (Å²) in [5.74, 6) is -0.475. The zero-order valence-corrected chi connectivity index (χ0v) is 12.6. The van der Waals surface area contributed by atoms with E-state index in [9.17, 15) is 14.5 Å². The third-order valence-corrected chi connectivity index (χ3v) is 3.50. The van der Waals surface area contributed by atoms with Crippen molar-refractivity contribution in [1.82, 2.24) is 0 Å². The number of benzene rings is 2. The van der Waals surface area contributed by atoms with Gasteiger partial charge in [-0.3, -0.25) is 10.1 Å². The topological polar surface area (TPSA) is 78.4 Å². The van der Waals surface area contributed by atoms with Crippen LogP contribution in [-0.2, 0) is 0 Å². The molecule has 0 spiro atoms. The summed E-state index contributed by atoms with van der Waals surface area (Å²) in [5.41, 5.74) is 6.36. The highest BCUT2D eigenvalue weighted by atomic mass is 79.9. The molecule has 0 saturated carbocycles. The Labute approximate surface area is 128 Å². The maximum atomic E-state index is 13.7. The smallest absolute Gasteiger partial charge is 0.272 e. The molecule has 2 aromatic carbocycles. The largest absolute Gasteiger partial charge is 0.454 e. The highest BCUT2D eigenvalue weighted by molar-refractivity contribution is 9.10. The van der Waals surface area contributed by atoms with E-state index >= 15 is 0 Å². The Bertz CT molecular complexity index is 692. The van der Waals surface area contributed by atoms with E-state index in [-0.39, 0.29) is 17.5 Å². The molecule has 0 heterocycles. The third-order valence-electron chi connectivity index (χ3n) is 2.82. The van der Waals surface area contributed by atoms with Gasteiger partial charge in [0, 0.05) is 16.6 Å². The first kappa shape index (κ1) is 15.4. The molecule has 5 nitrogen and oxygen atoms in total. The molecule has 2 N–H and O–H groups in total. The van der Waals surface area contributed by atoms with E-state index in [1.54, 1.807) is 18.2 Å². The summed E-state index contributed by atoms with van der Waals surface area (Å²) in [6, 6.07) is 8.17. The average Bonchev–Trinajstić information content (AvgIpc) is 2.40. The molecule has 0 bridgehead atoms. The van der Waals surface area contributed by atoms with Gasteiger partial charge in [-0.05, 0) is 30.7 Å². The molecular weight excluding hydrogens is 343 g/mol. The van der Waals surface area contributed by atoms with Gasteiger partial charge < -0.3 is 10.5 Å². The lowest BCUT2D eigenvalue weighted by Gasteiger charge is -2.11. The number of nitro benzene ring substituents is 1. The summed E-state index contributed by atoms with van der Waals surface area (Å²) < 4.78 is 19.9. The van der Waals surface area contributed by atoms with Crippen molar-refractivity contribution in [2.45, 2.75) is 13.0 Å². The van der Waals surface area contributed by atoms with Crippen LogP contribution < -0.4 is 10.5 Å². The fourth-order valence-electron chi connectivity index (χ4n) is 1.75. The van der Waals surface area contributed by atoms with Crippen molar-refractivity contribution >= 4 is 21.6 Å². The number of rotatable bonds is 4. The minimum absolute atomic E-state index is 0.0824. The molecule has 0 fully saturated rings. The molecule has 0 unspecified atom stereocenters. The summed E-state index contributed by atoms with van der Waals surface area (Å²) in [7, 11) is 0. The number of nitrogens with two attached hydrogens (primary N) is 1. The lowest BCUT2D eigenvalue weighted by atomic mass is 10.1. The van der Waals surface area contributed by atoms with E-state index in [4.69, 9.17) is 10.5 Å². The van der Waals surface area contributed by atoms with E-state index in [0.717, 1.165) is 16.1 Å². The summed E-state index contributed by atoms with van der Waals surface area (Å²) in [4.78, 5) is 9.88. The number of nitrogens with zero attached hydrogens (tertiary/aromatic N) is 1. The van der Waals surface area contributed by atoms with Crippen molar-refractivity contribution < 1.29 is 14.1 Å². The van der Waals surface area contributed by atoms with Crippen LogP contribution in [0.4, 0.5) is 10.1 Å². The molecule has 0 aromatic heterocycles. The first-order valence-electron chi connectivity index (χ1n) is 6.05. The van der Waals surface area contributed by atoms with Gasteiger partial charge in [-0.25, -0.2) is 4.39 Å². The molecule has 21 heavy (non-hydrogen) atoms. The SMILES string of the molecule is C[C@@H](N)c1ccc(Oc2ccc([N+](=O)[O-])cc2F)cc1Br. The van der Waals surface area contributed by atoms with E-state index in [1.165, 1.54) is 12.1 Å². The van der Waals surface area contributed by atoms with Crippen molar-refractivity contribution in [3.05, 3.63) is 62.4 Å². The fourth-order valence-corrected chi connectivity index (χ4v) is 2.47. The van der Waals surface area contributed by atoms with Crippen molar-refractivity contribution in [3.8, 4) is 11.5 Å². The molecule has 0 amide bonds. The van der Waals surface area contributed by atoms with Gasteiger partial charge in [0.25, 0.3) is 5.69 Å². The molecule has 7 heteroatoms. The zero-order chi connectivity index (χ0) is 15.6. The minimum atomic E-state index is -0.795. The van der Waals surface area contributed by atoms with Crippen LogP contribution in [0.25, 0.3) is 0 Å². The second-order valence-electron chi connectivity index (χ2n) is 4.45. The van der Waals surface area contributed by atoms with E-state index in [0.29, 0.717) is 5.75 Å². The molecule has 0 aliphatic rings. The molecule has 0 radical (unpaired) electrons. The fraction of sp³-hybridized carbons (Fsp3) is 0.143. The summed E-state index contributed by atoms with van der Waals surface area (Å²) in [6.07, 6.45) is 0. The van der Waals surface area contributed by atoms with Crippen molar-refractivity contribution in [2.75, 3.05) is 0 Å². The predicted molar refractivity (Wildman–Crippen MR) is 79.9 cm³/mol. The summed E-state index contributed by atoms with van der Waals surface area (Å²) in [5, 5.41) is 10.5. The Hall–Kier alpha value is -1.99. The summed E-state index contributed by atoms with van der Waals surface area (Å²) in [6.45, 7) is 1.84. The minimum Gasteiger partial charge on any atom is -0.454 e. The van der Waals surface area contributed by atoms with Crippen LogP contribution in [0.1, 0.15) is 18.5 Å². The van der Waals surface area contributed by atoms with Gasteiger partial charge in [-0.1, -0.05) is 22.0 Å². The van der Waals surface area contributed by atoms with Crippen molar-refractivity contribution in [1.29, 1.82) is 0 Å². The van der Waals surface area contributed by atoms with Gasteiger partial charge >= 0.3 is 0 Å². The molecule has 0 saturated heterocycles. The van der Waals surface area contributed by atoms with Gasteiger partial charge in [0.2, 0.25) is 0 Å². The zero-order valence-electron chi connectivity index (χ0n) is 11.0. The highest BCUT2D eigenvalue weighted by Crippen LogP contribution is 2.31. The lowest BCUT2D eigenvalue weighted by Crippen LogP contribution is -2.05. The van der Waals surface area contributed by atoms with E-state index < -0.39 is 10.7 Å². The molecular formula is C14H12BrFN2O3. The lowest BCUT2D eigenvalue weighted by molar-refractivity contribution is -0.385. The number of hydrogen-bond donors (Lipinski definition) is 1. The Morgan fingerprint density at radius 3 is 2.57 bits per heavy atom. The first-order chi connectivity index (χ1) is 9.88. The second kappa shape index (κ2) is 6.19. The molecule has 0 aliphatic heterocycles. The van der Waals surface area contributed by atoms with Crippen LogP contribution in [0.2, 0.25) is 0 Å². The van der Waals surface area contributed by atoms with Crippen LogP contribution >= 0.6 is 15.9 Å². The summed E-state index contributed by atoms with van der Waals surface area (Å²) >= 11 is 3.37. The van der Waals surface area contributed by atoms with Gasteiger partial charge in [0.05, 0.1) is 11.0 Å². The van der Waals surface area contributed by atoms with Gasteiger partial charge in [-0.15, -0.1) is 0 Å². The predicted octanol–water partition coefficient (Wildman–Crippen LogP) is 4.31. The molecule has 2 rings (SSSR count). The number of hydrogen-bond acceptors (Lipinski definition) is 4. The van der Waals surface area contributed by atoms with Crippen LogP contribution in [0.3, 0.4) is 0 Å². The molecule has 1 atom stereocenters. The number of non-ortho nitro benzene ring substituents is 1. The van der Waals surface area contributed by atoms with Gasteiger partial charge in [0.1, 0.15) is 5.75 Å².